The van der Waals surface area contributed by atoms with Gasteiger partial charge in [0.25, 0.3) is 0 Å². The number of esters is 1. The summed E-state index contributed by atoms with van der Waals surface area (Å²) in [6.45, 7) is 6.22. The molecule has 2 aromatic rings. The van der Waals surface area contributed by atoms with Crippen LogP contribution in [0.3, 0.4) is 0 Å². The maximum Gasteiger partial charge on any atom is 0.339 e. The molecule has 2 aromatic carbocycles. The molecule has 4 nitrogen and oxygen atoms in total. The zero-order valence-corrected chi connectivity index (χ0v) is 13.7. The van der Waals surface area contributed by atoms with Crippen LogP contribution in [0.2, 0.25) is 0 Å². The molecule has 0 fully saturated rings. The Kier molecular flexibility index (Phi) is 5.77. The largest absolute Gasteiger partial charge is 0.488 e. The Morgan fingerprint density at radius 2 is 1.74 bits per heavy atom. The number of hydrogen-bond donors (Lipinski definition) is 1. The van der Waals surface area contributed by atoms with Crippen molar-refractivity contribution in [3.63, 3.8) is 0 Å². The standard InChI is InChI=1S/C19H22O4/c1-4-22-19(21)17(20)16-10-13(2)18(14(3)11-16)23-12-15-8-6-5-7-9-15/h5-11,17,20H,4,12H2,1-3H3. The normalized spacial score (nSPS) is 11.8. The molecule has 0 spiro atoms. The third-order valence-electron chi connectivity index (χ3n) is 3.53. The predicted molar refractivity (Wildman–Crippen MR) is 88.3 cm³/mol. The Morgan fingerprint density at radius 1 is 1.13 bits per heavy atom. The molecule has 0 amide bonds. The SMILES string of the molecule is CCOC(=O)C(O)c1cc(C)c(OCc2ccccc2)c(C)c1. The van der Waals surface area contributed by atoms with Crippen molar-refractivity contribution in [2.45, 2.75) is 33.5 Å². The number of aryl methyl sites for hydroxylation is 2. The van der Waals surface area contributed by atoms with Gasteiger partial charge >= 0.3 is 5.97 Å². The number of aliphatic hydroxyl groups excluding tert-OH is 1. The summed E-state index contributed by atoms with van der Waals surface area (Å²) in [5.74, 6) is 0.137. The summed E-state index contributed by atoms with van der Waals surface area (Å²) in [6.07, 6.45) is -1.27. The van der Waals surface area contributed by atoms with Gasteiger partial charge in [0.1, 0.15) is 12.4 Å². The summed E-state index contributed by atoms with van der Waals surface area (Å²) in [7, 11) is 0. The second-order valence-corrected chi connectivity index (χ2v) is 5.41. The molecule has 122 valence electrons. The quantitative estimate of drug-likeness (QED) is 0.829. The fourth-order valence-electron chi connectivity index (χ4n) is 2.46. The summed E-state index contributed by atoms with van der Waals surface area (Å²) < 4.78 is 10.8. The molecule has 0 saturated carbocycles. The summed E-state index contributed by atoms with van der Waals surface area (Å²) in [5.41, 5.74) is 3.35. The van der Waals surface area contributed by atoms with Gasteiger partial charge in [0.15, 0.2) is 6.10 Å². The monoisotopic (exact) mass is 314 g/mol. The van der Waals surface area contributed by atoms with E-state index < -0.39 is 12.1 Å². The van der Waals surface area contributed by atoms with Gasteiger partial charge in [0.05, 0.1) is 6.61 Å². The minimum absolute atomic E-state index is 0.242. The fraction of sp³-hybridized carbons (Fsp3) is 0.316. The average Bonchev–Trinajstić information content (AvgIpc) is 2.54. The second kappa shape index (κ2) is 7.79. The number of rotatable bonds is 6. The topological polar surface area (TPSA) is 55.8 Å². The van der Waals surface area contributed by atoms with Crippen molar-refractivity contribution in [3.05, 3.63) is 64.7 Å². The summed E-state index contributed by atoms with van der Waals surface area (Å²) in [5, 5.41) is 10.1. The van der Waals surface area contributed by atoms with Gasteiger partial charge in [-0.1, -0.05) is 30.3 Å². The third kappa shape index (κ3) is 4.33. The molecule has 0 radical (unpaired) electrons. The van der Waals surface area contributed by atoms with Gasteiger partial charge in [-0.3, -0.25) is 0 Å². The maximum absolute atomic E-state index is 11.7. The van der Waals surface area contributed by atoms with Gasteiger partial charge in [0.2, 0.25) is 0 Å². The zero-order valence-electron chi connectivity index (χ0n) is 13.7. The molecule has 4 heteroatoms. The van der Waals surface area contributed by atoms with E-state index in [0.717, 1.165) is 22.4 Å². The first-order valence-electron chi connectivity index (χ1n) is 7.65. The van der Waals surface area contributed by atoms with E-state index in [2.05, 4.69) is 0 Å². The molecule has 1 atom stereocenters. The number of carbonyl (C=O) groups excluding carboxylic acids is 1. The number of ether oxygens (including phenoxy) is 2. The van der Waals surface area contributed by atoms with Crippen molar-refractivity contribution in [2.24, 2.45) is 0 Å². The number of hydrogen-bond acceptors (Lipinski definition) is 4. The number of benzene rings is 2. The van der Waals surface area contributed by atoms with Crippen LogP contribution in [0.15, 0.2) is 42.5 Å². The maximum atomic E-state index is 11.7. The molecule has 0 aromatic heterocycles. The second-order valence-electron chi connectivity index (χ2n) is 5.41. The number of carbonyl (C=O) groups is 1. The van der Waals surface area contributed by atoms with Crippen molar-refractivity contribution in [2.75, 3.05) is 6.61 Å². The number of aliphatic hydroxyl groups is 1. The fourth-order valence-corrected chi connectivity index (χ4v) is 2.46. The van der Waals surface area contributed by atoms with E-state index in [9.17, 15) is 9.90 Å². The Balaban J connectivity index is 2.15. The lowest BCUT2D eigenvalue weighted by atomic mass is 10.0. The van der Waals surface area contributed by atoms with Crippen LogP contribution in [-0.4, -0.2) is 17.7 Å². The molecule has 0 aliphatic rings. The molecule has 0 aliphatic carbocycles. The lowest BCUT2D eigenvalue weighted by Crippen LogP contribution is -2.15. The predicted octanol–water partition coefficient (Wildman–Crippen LogP) is 3.48. The van der Waals surface area contributed by atoms with Crippen LogP contribution in [0.1, 0.15) is 35.3 Å². The first-order chi connectivity index (χ1) is 11.0. The molecule has 0 aliphatic heterocycles. The van der Waals surface area contributed by atoms with Crippen LogP contribution in [0, 0.1) is 13.8 Å². The van der Waals surface area contributed by atoms with Crippen LogP contribution in [0.25, 0.3) is 0 Å². The lowest BCUT2D eigenvalue weighted by Gasteiger charge is -2.16. The van der Waals surface area contributed by atoms with Crippen molar-refractivity contribution >= 4 is 5.97 Å². The average molecular weight is 314 g/mol. The first kappa shape index (κ1) is 17.0. The Labute approximate surface area is 136 Å². The molecule has 2 rings (SSSR count). The summed E-state index contributed by atoms with van der Waals surface area (Å²) in [6, 6.07) is 13.4. The van der Waals surface area contributed by atoms with Crippen molar-refractivity contribution in [1.29, 1.82) is 0 Å². The van der Waals surface area contributed by atoms with Gasteiger partial charge in [0, 0.05) is 0 Å². The molecule has 0 saturated heterocycles. The van der Waals surface area contributed by atoms with Crippen molar-refractivity contribution in [3.8, 4) is 5.75 Å². The molecule has 1 unspecified atom stereocenters. The van der Waals surface area contributed by atoms with Crippen molar-refractivity contribution < 1.29 is 19.4 Å². The minimum atomic E-state index is -1.27. The van der Waals surface area contributed by atoms with Crippen molar-refractivity contribution in [1.82, 2.24) is 0 Å². The molecule has 0 heterocycles. The third-order valence-corrected chi connectivity index (χ3v) is 3.53. The lowest BCUT2D eigenvalue weighted by molar-refractivity contribution is -0.153. The minimum Gasteiger partial charge on any atom is -0.488 e. The van der Waals surface area contributed by atoms with Crippen LogP contribution < -0.4 is 4.74 Å². The molecule has 23 heavy (non-hydrogen) atoms. The smallest absolute Gasteiger partial charge is 0.339 e. The van der Waals surface area contributed by atoms with E-state index in [4.69, 9.17) is 9.47 Å². The van der Waals surface area contributed by atoms with E-state index in [1.165, 1.54) is 0 Å². The Bertz CT molecular complexity index is 641. The van der Waals surface area contributed by atoms with E-state index in [1.807, 2.05) is 44.2 Å². The molecule has 0 bridgehead atoms. The van der Waals surface area contributed by atoms with E-state index in [1.54, 1.807) is 19.1 Å². The van der Waals surface area contributed by atoms with Gasteiger partial charge in [-0.15, -0.1) is 0 Å². The van der Waals surface area contributed by atoms with Crippen LogP contribution >= 0.6 is 0 Å². The van der Waals surface area contributed by atoms with Gasteiger partial charge in [-0.25, -0.2) is 4.79 Å². The molecule has 1 N–H and O–H groups in total. The van der Waals surface area contributed by atoms with Gasteiger partial charge in [-0.2, -0.15) is 0 Å². The summed E-state index contributed by atoms with van der Waals surface area (Å²) >= 11 is 0. The van der Waals surface area contributed by atoms with E-state index >= 15 is 0 Å². The molecular formula is C19H22O4. The zero-order chi connectivity index (χ0) is 16.8. The Hall–Kier alpha value is -2.33. The summed E-state index contributed by atoms with van der Waals surface area (Å²) in [4.78, 5) is 11.7. The first-order valence-corrected chi connectivity index (χ1v) is 7.65. The van der Waals surface area contributed by atoms with Gasteiger partial charge in [-0.05, 0) is 55.2 Å². The van der Waals surface area contributed by atoms with Crippen LogP contribution in [-0.2, 0) is 16.1 Å². The highest BCUT2D eigenvalue weighted by atomic mass is 16.5. The van der Waals surface area contributed by atoms with Crippen LogP contribution in [0.5, 0.6) is 5.75 Å². The molecular weight excluding hydrogens is 292 g/mol. The highest BCUT2D eigenvalue weighted by molar-refractivity contribution is 5.76. The van der Waals surface area contributed by atoms with E-state index in [-0.39, 0.29) is 6.61 Å². The van der Waals surface area contributed by atoms with Crippen LogP contribution in [0.4, 0.5) is 0 Å². The van der Waals surface area contributed by atoms with Gasteiger partial charge < -0.3 is 14.6 Å². The Morgan fingerprint density at radius 3 is 2.30 bits per heavy atom. The highest BCUT2D eigenvalue weighted by Gasteiger charge is 2.20. The highest BCUT2D eigenvalue weighted by Crippen LogP contribution is 2.28. The van der Waals surface area contributed by atoms with E-state index in [0.29, 0.717) is 12.2 Å².